The zero-order chi connectivity index (χ0) is 21.4. The molecule has 0 spiro atoms. The number of anilines is 2. The standard InChI is InChI=1S/C21H26N2O5S/c1-4-16-11-13-17(14-12-16)23(29(3,26)27)15-7-10-20(24)22-19-9-6-5-8-18(19)21(25)28-2/h5-6,8-9,11-14H,4,7,10,15H2,1-3H3,(H,22,24). The highest BCUT2D eigenvalue weighted by Crippen LogP contribution is 2.20. The van der Waals surface area contributed by atoms with Gasteiger partial charge >= 0.3 is 5.97 Å². The van der Waals surface area contributed by atoms with Gasteiger partial charge in [-0.3, -0.25) is 9.10 Å². The highest BCUT2D eigenvalue weighted by atomic mass is 32.2. The number of hydrogen-bond acceptors (Lipinski definition) is 5. The molecule has 1 amide bonds. The molecule has 0 aromatic heterocycles. The van der Waals surface area contributed by atoms with Crippen molar-refractivity contribution in [1.82, 2.24) is 0 Å². The molecule has 2 rings (SSSR count). The molecule has 8 heteroatoms. The Morgan fingerprint density at radius 2 is 1.72 bits per heavy atom. The number of esters is 1. The highest BCUT2D eigenvalue weighted by Gasteiger charge is 2.18. The Kier molecular flexibility index (Phi) is 7.78. The van der Waals surface area contributed by atoms with Crippen molar-refractivity contribution in [2.75, 3.05) is 29.5 Å². The molecule has 29 heavy (non-hydrogen) atoms. The molecular formula is C21H26N2O5S. The summed E-state index contributed by atoms with van der Waals surface area (Å²) in [7, 11) is -2.20. The van der Waals surface area contributed by atoms with Crippen LogP contribution in [0.1, 0.15) is 35.7 Å². The lowest BCUT2D eigenvalue weighted by Crippen LogP contribution is -2.31. The number of hydrogen-bond donors (Lipinski definition) is 1. The molecule has 0 unspecified atom stereocenters. The number of aryl methyl sites for hydroxylation is 1. The monoisotopic (exact) mass is 418 g/mol. The zero-order valence-electron chi connectivity index (χ0n) is 16.8. The van der Waals surface area contributed by atoms with Gasteiger partial charge in [0.05, 0.1) is 30.3 Å². The molecule has 7 nitrogen and oxygen atoms in total. The fourth-order valence-corrected chi connectivity index (χ4v) is 3.83. The van der Waals surface area contributed by atoms with E-state index in [0.717, 1.165) is 18.2 Å². The number of sulfonamides is 1. The number of methoxy groups -OCH3 is 1. The fraction of sp³-hybridized carbons (Fsp3) is 0.333. The second kappa shape index (κ2) is 10.1. The summed E-state index contributed by atoms with van der Waals surface area (Å²) in [5.41, 5.74) is 2.31. The number of ether oxygens (including phenoxy) is 1. The van der Waals surface area contributed by atoms with Crippen molar-refractivity contribution in [3.63, 3.8) is 0 Å². The van der Waals surface area contributed by atoms with E-state index in [1.54, 1.807) is 36.4 Å². The molecule has 156 valence electrons. The molecule has 0 saturated heterocycles. The van der Waals surface area contributed by atoms with E-state index in [-0.39, 0.29) is 24.4 Å². The van der Waals surface area contributed by atoms with Crippen molar-refractivity contribution in [3.05, 3.63) is 59.7 Å². The van der Waals surface area contributed by atoms with Gasteiger partial charge in [-0.25, -0.2) is 13.2 Å². The summed E-state index contributed by atoms with van der Waals surface area (Å²) in [5.74, 6) is -0.851. The number of nitrogens with zero attached hydrogens (tertiary/aromatic N) is 1. The van der Waals surface area contributed by atoms with Gasteiger partial charge in [0.2, 0.25) is 15.9 Å². The van der Waals surface area contributed by atoms with Crippen molar-refractivity contribution in [3.8, 4) is 0 Å². The van der Waals surface area contributed by atoms with E-state index in [2.05, 4.69) is 5.32 Å². The van der Waals surface area contributed by atoms with Crippen molar-refractivity contribution in [1.29, 1.82) is 0 Å². The number of rotatable bonds is 9. The lowest BCUT2D eigenvalue weighted by molar-refractivity contribution is -0.116. The highest BCUT2D eigenvalue weighted by molar-refractivity contribution is 7.92. The summed E-state index contributed by atoms with van der Waals surface area (Å²) in [6.45, 7) is 2.21. The molecule has 0 saturated carbocycles. The topological polar surface area (TPSA) is 92.8 Å². The maximum absolute atomic E-state index is 12.3. The van der Waals surface area contributed by atoms with Crippen LogP contribution in [0, 0.1) is 0 Å². The molecule has 2 aromatic rings. The molecule has 1 N–H and O–H groups in total. The summed E-state index contributed by atoms with van der Waals surface area (Å²) in [4.78, 5) is 24.1. The van der Waals surface area contributed by atoms with E-state index in [0.29, 0.717) is 17.8 Å². The SMILES string of the molecule is CCc1ccc(N(CCCC(=O)Nc2ccccc2C(=O)OC)S(C)(=O)=O)cc1. The average molecular weight is 419 g/mol. The third kappa shape index (κ3) is 6.32. The molecule has 2 aromatic carbocycles. The van der Waals surface area contributed by atoms with Crippen LogP contribution >= 0.6 is 0 Å². The molecule has 0 fully saturated rings. The first-order valence-corrected chi connectivity index (χ1v) is 11.1. The minimum atomic E-state index is -3.48. The van der Waals surface area contributed by atoms with E-state index in [1.807, 2.05) is 19.1 Å². The minimum Gasteiger partial charge on any atom is -0.465 e. The van der Waals surface area contributed by atoms with Crippen molar-refractivity contribution < 1.29 is 22.7 Å². The van der Waals surface area contributed by atoms with E-state index < -0.39 is 16.0 Å². The Morgan fingerprint density at radius 1 is 1.07 bits per heavy atom. The van der Waals surface area contributed by atoms with Crippen molar-refractivity contribution in [2.24, 2.45) is 0 Å². The smallest absolute Gasteiger partial charge is 0.339 e. The quantitative estimate of drug-likeness (QED) is 0.631. The van der Waals surface area contributed by atoms with Crippen LogP contribution < -0.4 is 9.62 Å². The van der Waals surface area contributed by atoms with Crippen molar-refractivity contribution in [2.45, 2.75) is 26.2 Å². The first kappa shape index (κ1) is 22.4. The van der Waals surface area contributed by atoms with E-state index >= 15 is 0 Å². The minimum absolute atomic E-state index is 0.106. The van der Waals surface area contributed by atoms with Gasteiger partial charge in [0, 0.05) is 13.0 Å². The van der Waals surface area contributed by atoms with E-state index in [1.165, 1.54) is 11.4 Å². The molecule has 0 aliphatic heterocycles. The maximum atomic E-state index is 12.3. The van der Waals surface area contributed by atoms with Crippen LogP contribution in [0.4, 0.5) is 11.4 Å². The lowest BCUT2D eigenvalue weighted by atomic mass is 10.1. The lowest BCUT2D eigenvalue weighted by Gasteiger charge is -2.22. The molecule has 0 aliphatic rings. The van der Waals surface area contributed by atoms with Crippen LogP contribution in [-0.2, 0) is 26.0 Å². The van der Waals surface area contributed by atoms with Crippen LogP contribution in [0.2, 0.25) is 0 Å². The third-order valence-electron chi connectivity index (χ3n) is 4.40. The van der Waals surface area contributed by atoms with Gasteiger partial charge in [-0.05, 0) is 42.7 Å². The van der Waals surface area contributed by atoms with E-state index in [4.69, 9.17) is 4.74 Å². The van der Waals surface area contributed by atoms with Crippen LogP contribution in [0.3, 0.4) is 0 Å². The normalized spacial score (nSPS) is 11.0. The summed E-state index contributed by atoms with van der Waals surface area (Å²) in [5, 5.41) is 2.69. The molecule has 0 aliphatic carbocycles. The van der Waals surface area contributed by atoms with Crippen LogP contribution in [0.5, 0.6) is 0 Å². The van der Waals surface area contributed by atoms with E-state index in [9.17, 15) is 18.0 Å². The van der Waals surface area contributed by atoms with Gasteiger partial charge in [-0.1, -0.05) is 31.2 Å². The number of carbonyl (C=O) groups is 2. The van der Waals surface area contributed by atoms with Crippen LogP contribution in [-0.4, -0.2) is 40.2 Å². The predicted octanol–water partition coefficient (Wildman–Crippen LogP) is 3.22. The summed E-state index contributed by atoms with van der Waals surface area (Å²) < 4.78 is 30.4. The van der Waals surface area contributed by atoms with Crippen molar-refractivity contribution >= 4 is 33.3 Å². The largest absolute Gasteiger partial charge is 0.465 e. The first-order valence-electron chi connectivity index (χ1n) is 9.30. The predicted molar refractivity (Wildman–Crippen MR) is 114 cm³/mol. The summed E-state index contributed by atoms with van der Waals surface area (Å²) in [6.07, 6.45) is 2.45. The first-order chi connectivity index (χ1) is 13.8. The summed E-state index contributed by atoms with van der Waals surface area (Å²) in [6, 6.07) is 13.9. The maximum Gasteiger partial charge on any atom is 0.339 e. The Bertz CT molecular complexity index is 955. The molecule has 0 heterocycles. The summed E-state index contributed by atoms with van der Waals surface area (Å²) >= 11 is 0. The number of benzene rings is 2. The Morgan fingerprint density at radius 3 is 2.31 bits per heavy atom. The number of carbonyl (C=O) groups excluding carboxylic acids is 2. The van der Waals surface area contributed by atoms with Crippen LogP contribution in [0.25, 0.3) is 0 Å². The number of amides is 1. The van der Waals surface area contributed by atoms with Gasteiger partial charge in [0.15, 0.2) is 0 Å². The van der Waals surface area contributed by atoms with Crippen LogP contribution in [0.15, 0.2) is 48.5 Å². The van der Waals surface area contributed by atoms with Gasteiger partial charge in [0.25, 0.3) is 0 Å². The Hall–Kier alpha value is -2.87. The van der Waals surface area contributed by atoms with Gasteiger partial charge in [-0.2, -0.15) is 0 Å². The number of para-hydroxylation sites is 1. The average Bonchev–Trinajstić information content (AvgIpc) is 2.70. The zero-order valence-corrected chi connectivity index (χ0v) is 17.7. The fourth-order valence-electron chi connectivity index (χ4n) is 2.86. The second-order valence-electron chi connectivity index (χ2n) is 6.54. The molecule has 0 atom stereocenters. The molecular weight excluding hydrogens is 392 g/mol. The Labute approximate surface area is 171 Å². The second-order valence-corrected chi connectivity index (χ2v) is 8.45. The Balaban J connectivity index is 2.01. The molecule has 0 bridgehead atoms. The van der Waals surface area contributed by atoms with Gasteiger partial charge in [0.1, 0.15) is 0 Å². The van der Waals surface area contributed by atoms with Gasteiger partial charge < -0.3 is 10.1 Å². The van der Waals surface area contributed by atoms with Gasteiger partial charge in [-0.15, -0.1) is 0 Å². The molecule has 0 radical (unpaired) electrons. The third-order valence-corrected chi connectivity index (χ3v) is 5.60. The number of nitrogens with one attached hydrogen (secondary N) is 1.